The van der Waals surface area contributed by atoms with Crippen molar-refractivity contribution < 1.29 is 4.79 Å². The molecule has 158 valence electrons. The van der Waals surface area contributed by atoms with Crippen LogP contribution < -0.4 is 5.32 Å². The summed E-state index contributed by atoms with van der Waals surface area (Å²) in [6.07, 6.45) is 1.85. The van der Waals surface area contributed by atoms with Gasteiger partial charge >= 0.3 is 0 Å². The Morgan fingerprint density at radius 2 is 1.61 bits per heavy atom. The molecule has 1 heterocycles. The zero-order chi connectivity index (χ0) is 22.0. The lowest BCUT2D eigenvalue weighted by atomic mass is 9.99. The smallest absolute Gasteiger partial charge is 0.251 e. The molecule has 1 atom stereocenters. The van der Waals surface area contributed by atoms with Gasteiger partial charge in [-0.05, 0) is 48.6 Å². The zero-order valence-corrected chi connectivity index (χ0v) is 18.6. The molecule has 4 aromatic rings. The number of carbonyl (C=O) groups excluding carboxylic acids is 1. The number of aryl methyl sites for hydroxylation is 1. The van der Waals surface area contributed by atoms with Gasteiger partial charge in [0.1, 0.15) is 0 Å². The first-order valence-corrected chi connectivity index (χ1v) is 10.8. The average molecular weight is 412 g/mol. The molecule has 0 aliphatic rings. The number of nitrogens with zero attached hydrogens (tertiary/aromatic N) is 2. The van der Waals surface area contributed by atoms with E-state index in [1.165, 1.54) is 16.7 Å². The Balaban J connectivity index is 1.52. The third kappa shape index (κ3) is 4.69. The summed E-state index contributed by atoms with van der Waals surface area (Å²) in [6.45, 7) is 9.13. The summed E-state index contributed by atoms with van der Waals surface area (Å²) in [7, 11) is 0. The quantitative estimate of drug-likeness (QED) is 0.422. The first kappa shape index (κ1) is 20.9. The lowest BCUT2D eigenvalue weighted by molar-refractivity contribution is 0.0940. The summed E-state index contributed by atoms with van der Waals surface area (Å²) in [5.41, 5.74) is 6.42. The fourth-order valence-electron chi connectivity index (χ4n) is 3.74. The van der Waals surface area contributed by atoms with Crippen molar-refractivity contribution in [2.45, 2.75) is 46.2 Å². The van der Waals surface area contributed by atoms with Gasteiger partial charge in [-0.3, -0.25) is 9.48 Å². The molecule has 1 aromatic heterocycles. The molecule has 0 aliphatic heterocycles. The Morgan fingerprint density at radius 3 is 2.29 bits per heavy atom. The molecule has 1 amide bonds. The minimum Gasteiger partial charge on any atom is -0.346 e. The number of amides is 1. The van der Waals surface area contributed by atoms with Gasteiger partial charge in [0, 0.05) is 10.9 Å². The topological polar surface area (TPSA) is 46.9 Å². The fourth-order valence-corrected chi connectivity index (χ4v) is 3.74. The molecule has 0 saturated carbocycles. The number of hydrogen-bond donors (Lipinski definition) is 1. The van der Waals surface area contributed by atoms with Crippen molar-refractivity contribution in [2.24, 2.45) is 0 Å². The minimum absolute atomic E-state index is 0.0677. The van der Waals surface area contributed by atoms with Gasteiger partial charge in [-0.25, -0.2) is 0 Å². The monoisotopic (exact) mass is 411 g/mol. The van der Waals surface area contributed by atoms with Gasteiger partial charge in [-0.1, -0.05) is 74.0 Å². The van der Waals surface area contributed by atoms with Crippen LogP contribution in [0.4, 0.5) is 0 Å². The highest BCUT2D eigenvalue weighted by Gasteiger charge is 2.14. The Kier molecular flexibility index (Phi) is 5.90. The van der Waals surface area contributed by atoms with Crippen molar-refractivity contribution in [2.75, 3.05) is 0 Å². The van der Waals surface area contributed by atoms with Crippen molar-refractivity contribution in [3.8, 4) is 0 Å². The van der Waals surface area contributed by atoms with E-state index in [4.69, 9.17) is 0 Å². The number of carbonyl (C=O) groups is 1. The molecule has 0 spiro atoms. The molecule has 1 N–H and O–H groups in total. The molecular formula is C27H29N3O. The summed E-state index contributed by atoms with van der Waals surface area (Å²) in [5, 5.41) is 8.68. The van der Waals surface area contributed by atoms with Gasteiger partial charge in [0.25, 0.3) is 5.91 Å². The molecule has 0 saturated heterocycles. The van der Waals surface area contributed by atoms with Crippen LogP contribution in [-0.2, 0) is 6.54 Å². The molecule has 31 heavy (non-hydrogen) atoms. The summed E-state index contributed by atoms with van der Waals surface area (Å²) < 4.78 is 1.95. The van der Waals surface area contributed by atoms with E-state index in [1.54, 1.807) is 0 Å². The summed E-state index contributed by atoms with van der Waals surface area (Å²) in [4.78, 5) is 12.9. The second-order valence-electron chi connectivity index (χ2n) is 8.58. The summed E-state index contributed by atoms with van der Waals surface area (Å²) in [5.74, 6) is 0.417. The number of aromatic nitrogens is 2. The molecule has 4 nitrogen and oxygen atoms in total. The normalized spacial score (nSPS) is 12.3. The highest BCUT2D eigenvalue weighted by molar-refractivity contribution is 5.98. The Hall–Kier alpha value is -3.40. The van der Waals surface area contributed by atoms with E-state index in [1.807, 2.05) is 36.0 Å². The zero-order valence-electron chi connectivity index (χ0n) is 18.6. The number of benzene rings is 3. The van der Waals surface area contributed by atoms with Gasteiger partial charge in [-0.2, -0.15) is 5.10 Å². The third-order valence-corrected chi connectivity index (χ3v) is 5.81. The molecule has 4 rings (SSSR count). The second-order valence-corrected chi connectivity index (χ2v) is 8.58. The molecule has 3 aromatic carbocycles. The van der Waals surface area contributed by atoms with Crippen LogP contribution in [0.5, 0.6) is 0 Å². The first-order chi connectivity index (χ1) is 14.9. The van der Waals surface area contributed by atoms with Crippen molar-refractivity contribution >= 4 is 16.8 Å². The fraction of sp³-hybridized carbons (Fsp3) is 0.259. The largest absolute Gasteiger partial charge is 0.346 e. The van der Waals surface area contributed by atoms with Crippen LogP contribution in [0.2, 0.25) is 0 Å². The van der Waals surface area contributed by atoms with Crippen molar-refractivity contribution in [1.29, 1.82) is 0 Å². The average Bonchev–Trinajstić information content (AvgIpc) is 3.17. The molecule has 1 unspecified atom stereocenters. The molecule has 0 aliphatic carbocycles. The van der Waals surface area contributed by atoms with Crippen LogP contribution in [0.3, 0.4) is 0 Å². The maximum atomic E-state index is 12.9. The minimum atomic E-state index is -0.0783. The number of rotatable bonds is 6. The highest BCUT2D eigenvalue weighted by atomic mass is 16.1. The predicted molar refractivity (Wildman–Crippen MR) is 126 cm³/mol. The molecule has 0 radical (unpaired) electrons. The van der Waals surface area contributed by atoms with Crippen molar-refractivity contribution in [1.82, 2.24) is 15.1 Å². The van der Waals surface area contributed by atoms with Crippen LogP contribution >= 0.6 is 0 Å². The van der Waals surface area contributed by atoms with Gasteiger partial charge in [0.05, 0.1) is 24.3 Å². The summed E-state index contributed by atoms with van der Waals surface area (Å²) in [6, 6.07) is 22.6. The van der Waals surface area contributed by atoms with E-state index in [9.17, 15) is 4.79 Å². The molecular weight excluding hydrogens is 382 g/mol. The molecule has 0 bridgehead atoms. The third-order valence-electron chi connectivity index (χ3n) is 5.81. The van der Waals surface area contributed by atoms with E-state index in [0.29, 0.717) is 18.0 Å². The SMILES string of the molecule is Cc1ccc(Cn2ncc3ccc(C(=O)NC(C)c4ccc(C(C)C)cc4)cc32)cc1. The lowest BCUT2D eigenvalue weighted by Crippen LogP contribution is -2.26. The van der Waals surface area contributed by atoms with Gasteiger partial charge in [0.2, 0.25) is 0 Å². The van der Waals surface area contributed by atoms with E-state index in [0.717, 1.165) is 16.5 Å². The lowest BCUT2D eigenvalue weighted by Gasteiger charge is -2.16. The number of hydrogen-bond acceptors (Lipinski definition) is 2. The Labute approximate surface area is 183 Å². The van der Waals surface area contributed by atoms with Crippen LogP contribution in [0.25, 0.3) is 10.9 Å². The van der Waals surface area contributed by atoms with Crippen molar-refractivity contribution in [3.05, 3.63) is 101 Å². The predicted octanol–water partition coefficient (Wildman–Crippen LogP) is 6.01. The highest BCUT2D eigenvalue weighted by Crippen LogP contribution is 2.21. The first-order valence-electron chi connectivity index (χ1n) is 10.8. The van der Waals surface area contributed by atoms with Gasteiger partial charge < -0.3 is 5.32 Å². The van der Waals surface area contributed by atoms with Crippen molar-refractivity contribution in [3.63, 3.8) is 0 Å². The van der Waals surface area contributed by atoms with Crippen LogP contribution in [0.1, 0.15) is 65.3 Å². The van der Waals surface area contributed by atoms with E-state index < -0.39 is 0 Å². The van der Waals surface area contributed by atoms with Gasteiger partial charge in [-0.15, -0.1) is 0 Å². The van der Waals surface area contributed by atoms with Gasteiger partial charge in [0.15, 0.2) is 0 Å². The standard InChI is InChI=1S/C27H29N3O/c1-18(2)22-9-11-23(12-10-22)20(4)29-27(31)24-13-14-25-16-28-30(26(25)15-24)17-21-7-5-19(3)6-8-21/h5-16,18,20H,17H2,1-4H3,(H,29,31). The molecule has 0 fully saturated rings. The van der Waals surface area contributed by atoms with Crippen LogP contribution in [-0.4, -0.2) is 15.7 Å². The molecule has 4 heteroatoms. The van der Waals surface area contributed by atoms with E-state index >= 15 is 0 Å². The number of nitrogens with one attached hydrogen (secondary N) is 1. The maximum Gasteiger partial charge on any atom is 0.251 e. The Morgan fingerprint density at radius 1 is 0.935 bits per heavy atom. The van der Waals surface area contributed by atoms with Crippen LogP contribution in [0.15, 0.2) is 72.9 Å². The Bertz CT molecular complexity index is 1190. The summed E-state index contributed by atoms with van der Waals surface area (Å²) >= 11 is 0. The van der Waals surface area contributed by atoms with E-state index in [2.05, 4.69) is 79.7 Å². The maximum absolute atomic E-state index is 12.9. The second kappa shape index (κ2) is 8.76. The van der Waals surface area contributed by atoms with E-state index in [-0.39, 0.29) is 11.9 Å². The number of fused-ring (bicyclic) bond motifs is 1. The van der Waals surface area contributed by atoms with Crippen LogP contribution in [0, 0.1) is 6.92 Å².